The quantitative estimate of drug-likeness (QED) is 0.362. The maximum atomic E-state index is 11.8. The molecule has 0 radical (unpaired) electrons. The van der Waals surface area contributed by atoms with Crippen molar-refractivity contribution in [2.75, 3.05) is 0 Å². The zero-order valence-electron chi connectivity index (χ0n) is 20.4. The first-order valence-corrected chi connectivity index (χ1v) is 12.8. The third-order valence-electron chi connectivity index (χ3n) is 12.4. The lowest BCUT2D eigenvalue weighted by molar-refractivity contribution is -0.181. The summed E-state index contributed by atoms with van der Waals surface area (Å²) in [6, 6.07) is 0. The minimum Gasteiger partial charge on any atom is -0.462 e. The molecular formula is C28H44O2. The van der Waals surface area contributed by atoms with Gasteiger partial charge in [-0.05, 0) is 103 Å². The third kappa shape index (κ3) is 2.25. The largest absolute Gasteiger partial charge is 0.462 e. The monoisotopic (exact) mass is 412 g/mol. The lowest BCUT2D eigenvalue weighted by Gasteiger charge is -2.63. The van der Waals surface area contributed by atoms with E-state index in [0.29, 0.717) is 27.6 Å². The number of fused-ring (bicyclic) bond motifs is 2. The summed E-state index contributed by atoms with van der Waals surface area (Å²) >= 11 is 0. The van der Waals surface area contributed by atoms with Crippen LogP contribution in [0.25, 0.3) is 0 Å². The number of carbonyl (C=O) groups excluding carboxylic acids is 1. The predicted octanol–water partition coefficient (Wildman–Crippen LogP) is 7.18. The van der Waals surface area contributed by atoms with E-state index in [1.165, 1.54) is 51.4 Å². The third-order valence-corrected chi connectivity index (χ3v) is 12.4. The molecule has 0 heterocycles. The van der Waals surface area contributed by atoms with Crippen molar-refractivity contribution in [2.45, 2.75) is 105 Å². The van der Waals surface area contributed by atoms with Crippen molar-refractivity contribution >= 4 is 5.97 Å². The van der Waals surface area contributed by atoms with Gasteiger partial charge in [0.2, 0.25) is 0 Å². The van der Waals surface area contributed by atoms with Crippen molar-refractivity contribution in [2.24, 2.45) is 50.7 Å². The SMILES string of the molecule is C=C[C@@H](C)[C@H]1CC[C@@]2(C)[C@@H]3CC[C@H]4C(C)(C)[C@@H](OC(C)=O)CC[C@@]45C[C@@]35CC[C@]12C. The van der Waals surface area contributed by atoms with Gasteiger partial charge >= 0.3 is 5.97 Å². The van der Waals surface area contributed by atoms with E-state index in [4.69, 9.17) is 4.74 Å². The number of allylic oxidation sites excluding steroid dienone is 1. The predicted molar refractivity (Wildman–Crippen MR) is 122 cm³/mol. The average Bonchev–Trinajstić information content (AvgIpc) is 3.26. The topological polar surface area (TPSA) is 26.3 Å². The van der Waals surface area contributed by atoms with Gasteiger partial charge in [-0.15, -0.1) is 6.58 Å². The molecule has 5 aliphatic carbocycles. The van der Waals surface area contributed by atoms with Crippen molar-refractivity contribution in [3.05, 3.63) is 12.7 Å². The normalized spacial score (nSPS) is 54.1. The summed E-state index contributed by atoms with van der Waals surface area (Å²) in [7, 11) is 0. The minimum absolute atomic E-state index is 0.0995. The highest BCUT2D eigenvalue weighted by atomic mass is 16.5. The molecule has 0 aliphatic heterocycles. The van der Waals surface area contributed by atoms with E-state index in [9.17, 15) is 4.79 Å². The zero-order chi connectivity index (χ0) is 21.7. The molecule has 0 amide bonds. The van der Waals surface area contributed by atoms with Gasteiger partial charge in [0.1, 0.15) is 6.10 Å². The molecule has 5 aliphatic rings. The molecule has 2 nitrogen and oxygen atoms in total. The van der Waals surface area contributed by atoms with Crippen LogP contribution >= 0.6 is 0 Å². The highest BCUT2D eigenvalue weighted by Crippen LogP contribution is 2.89. The van der Waals surface area contributed by atoms with Crippen molar-refractivity contribution < 1.29 is 9.53 Å². The Hall–Kier alpha value is -0.790. The van der Waals surface area contributed by atoms with Crippen molar-refractivity contribution in [1.29, 1.82) is 0 Å². The van der Waals surface area contributed by atoms with Gasteiger partial charge < -0.3 is 4.74 Å². The van der Waals surface area contributed by atoms with Crippen LogP contribution in [0.4, 0.5) is 0 Å². The van der Waals surface area contributed by atoms with Crippen molar-refractivity contribution in [3.63, 3.8) is 0 Å². The number of ether oxygens (including phenoxy) is 1. The Balaban J connectivity index is 1.47. The summed E-state index contributed by atoms with van der Waals surface area (Å²) in [5, 5.41) is 0. The summed E-state index contributed by atoms with van der Waals surface area (Å²) in [5.74, 6) is 2.95. The van der Waals surface area contributed by atoms with E-state index in [1.807, 2.05) is 0 Å². The summed E-state index contributed by atoms with van der Waals surface area (Å²) in [5.41, 5.74) is 2.17. The molecule has 0 unspecified atom stereocenters. The lowest BCUT2D eigenvalue weighted by atomic mass is 9.42. The van der Waals surface area contributed by atoms with Gasteiger partial charge in [0.05, 0.1) is 0 Å². The second-order valence-electron chi connectivity index (χ2n) is 13.2. The molecule has 0 bridgehead atoms. The number of hydrogen-bond acceptors (Lipinski definition) is 2. The van der Waals surface area contributed by atoms with E-state index in [0.717, 1.165) is 24.2 Å². The number of esters is 1. The Morgan fingerprint density at radius 3 is 2.27 bits per heavy atom. The molecule has 5 fully saturated rings. The first kappa shape index (κ1) is 21.1. The maximum absolute atomic E-state index is 11.8. The number of carbonyl (C=O) groups is 1. The molecule has 2 spiro atoms. The Morgan fingerprint density at radius 1 is 0.933 bits per heavy atom. The maximum Gasteiger partial charge on any atom is 0.302 e. The van der Waals surface area contributed by atoms with Crippen LogP contribution < -0.4 is 0 Å². The van der Waals surface area contributed by atoms with E-state index in [2.05, 4.69) is 47.3 Å². The first-order valence-electron chi connectivity index (χ1n) is 12.8. The molecule has 168 valence electrons. The van der Waals surface area contributed by atoms with Crippen LogP contribution in [-0.4, -0.2) is 12.1 Å². The van der Waals surface area contributed by atoms with E-state index >= 15 is 0 Å². The van der Waals surface area contributed by atoms with Crippen LogP contribution in [0.1, 0.15) is 99.3 Å². The van der Waals surface area contributed by atoms with Gasteiger partial charge in [-0.1, -0.05) is 40.7 Å². The molecule has 0 saturated heterocycles. The van der Waals surface area contributed by atoms with Crippen LogP contribution in [-0.2, 0) is 9.53 Å². The molecule has 5 saturated carbocycles. The van der Waals surface area contributed by atoms with Gasteiger partial charge in [0.15, 0.2) is 0 Å². The molecule has 5 rings (SSSR count). The van der Waals surface area contributed by atoms with Gasteiger partial charge in [-0.2, -0.15) is 0 Å². The standard InChI is InChI=1S/C28H44O2/c1-8-18(2)20-11-13-26(7)22-10-9-21-24(4,5)23(30-19(3)29)12-14-27(21)17-28(22,27)16-15-25(20,26)6/h8,18,20-23H,1,9-17H2,2-7H3/t18-,20-,21+,22+,23+,25-,26+,27-,28+/m1/s1. The molecule has 30 heavy (non-hydrogen) atoms. The van der Waals surface area contributed by atoms with Crippen LogP contribution in [0.15, 0.2) is 12.7 Å². The van der Waals surface area contributed by atoms with Gasteiger partial charge in [0.25, 0.3) is 0 Å². The number of hydrogen-bond donors (Lipinski definition) is 0. The van der Waals surface area contributed by atoms with Crippen molar-refractivity contribution in [1.82, 2.24) is 0 Å². The summed E-state index contributed by atoms with van der Waals surface area (Å²) in [6.45, 7) is 18.3. The average molecular weight is 413 g/mol. The Bertz CT molecular complexity index is 769. The van der Waals surface area contributed by atoms with Crippen LogP contribution in [0.3, 0.4) is 0 Å². The molecule has 0 N–H and O–H groups in total. The minimum atomic E-state index is -0.0995. The van der Waals surface area contributed by atoms with Crippen LogP contribution in [0, 0.1) is 50.7 Å². The second kappa shape index (κ2) is 6.16. The lowest BCUT2D eigenvalue weighted by Crippen LogP contribution is -2.58. The molecule has 0 aromatic heterocycles. The van der Waals surface area contributed by atoms with Crippen LogP contribution in [0.5, 0.6) is 0 Å². The fourth-order valence-electron chi connectivity index (χ4n) is 10.8. The summed E-state index contributed by atoms with van der Waals surface area (Å²) in [6.07, 6.45) is 14.5. The Kier molecular flexibility index (Phi) is 4.33. The highest BCUT2D eigenvalue weighted by Gasteiger charge is 2.82. The highest BCUT2D eigenvalue weighted by molar-refractivity contribution is 5.66. The van der Waals surface area contributed by atoms with Gasteiger partial charge in [-0.3, -0.25) is 4.79 Å². The number of rotatable bonds is 3. The molecule has 2 heteroatoms. The van der Waals surface area contributed by atoms with Crippen molar-refractivity contribution in [3.8, 4) is 0 Å². The first-order chi connectivity index (χ1) is 14.0. The fourth-order valence-corrected chi connectivity index (χ4v) is 10.8. The van der Waals surface area contributed by atoms with E-state index in [1.54, 1.807) is 6.92 Å². The summed E-state index contributed by atoms with van der Waals surface area (Å²) in [4.78, 5) is 11.8. The Morgan fingerprint density at radius 2 is 1.60 bits per heavy atom. The molecular weight excluding hydrogens is 368 g/mol. The zero-order valence-corrected chi connectivity index (χ0v) is 20.4. The fraction of sp³-hybridized carbons (Fsp3) is 0.893. The van der Waals surface area contributed by atoms with E-state index in [-0.39, 0.29) is 17.5 Å². The van der Waals surface area contributed by atoms with Gasteiger partial charge in [0, 0.05) is 12.3 Å². The molecule has 0 aromatic carbocycles. The molecule has 0 aromatic rings. The van der Waals surface area contributed by atoms with Crippen LogP contribution in [0.2, 0.25) is 0 Å². The van der Waals surface area contributed by atoms with E-state index < -0.39 is 0 Å². The Labute approximate surface area is 184 Å². The summed E-state index contributed by atoms with van der Waals surface area (Å²) < 4.78 is 5.86. The second-order valence-corrected chi connectivity index (χ2v) is 13.2. The molecule has 9 atom stereocenters. The smallest absolute Gasteiger partial charge is 0.302 e. The van der Waals surface area contributed by atoms with Gasteiger partial charge in [-0.25, -0.2) is 0 Å².